The first-order chi connectivity index (χ1) is 13.6. The minimum Gasteiger partial charge on any atom is -0.342 e. The molecule has 1 aliphatic rings. The third kappa shape index (κ3) is 6.23. The van der Waals surface area contributed by atoms with E-state index < -0.39 is 11.6 Å². The summed E-state index contributed by atoms with van der Waals surface area (Å²) in [6.07, 6.45) is 0. The Kier molecular flexibility index (Phi) is 6.87. The van der Waals surface area contributed by atoms with Crippen molar-refractivity contribution in [3.63, 3.8) is 0 Å². The molecular formula is C24H24O4. The fraction of sp³-hybridized carbons (Fsp3) is 0.333. The molecule has 28 heavy (non-hydrogen) atoms. The van der Waals surface area contributed by atoms with Crippen molar-refractivity contribution in [2.45, 2.75) is 25.4 Å². The van der Waals surface area contributed by atoms with Gasteiger partial charge in [-0.05, 0) is 38.1 Å². The van der Waals surface area contributed by atoms with Gasteiger partial charge in [-0.3, -0.25) is 0 Å². The van der Waals surface area contributed by atoms with Gasteiger partial charge >= 0.3 is 0 Å². The lowest BCUT2D eigenvalue weighted by Crippen LogP contribution is -2.53. The van der Waals surface area contributed by atoms with E-state index in [1.807, 2.05) is 74.5 Å². The van der Waals surface area contributed by atoms with Crippen molar-refractivity contribution < 1.29 is 18.9 Å². The number of hydrogen-bond acceptors (Lipinski definition) is 4. The van der Waals surface area contributed by atoms with Gasteiger partial charge in [0.15, 0.2) is 11.6 Å². The van der Waals surface area contributed by atoms with Gasteiger partial charge in [0, 0.05) is 11.1 Å². The van der Waals surface area contributed by atoms with Crippen molar-refractivity contribution in [2.75, 3.05) is 26.4 Å². The minimum atomic E-state index is -0.843. The Morgan fingerprint density at radius 1 is 0.714 bits per heavy atom. The molecule has 0 amide bonds. The summed E-state index contributed by atoms with van der Waals surface area (Å²) in [7, 11) is 0. The molecule has 2 unspecified atom stereocenters. The Morgan fingerprint density at radius 2 is 1.11 bits per heavy atom. The predicted molar refractivity (Wildman–Crippen MR) is 107 cm³/mol. The van der Waals surface area contributed by atoms with Crippen LogP contribution in [0.3, 0.4) is 0 Å². The molecule has 3 rings (SSSR count). The molecule has 0 spiro atoms. The topological polar surface area (TPSA) is 36.9 Å². The van der Waals surface area contributed by atoms with Crippen molar-refractivity contribution >= 4 is 0 Å². The summed E-state index contributed by atoms with van der Waals surface area (Å²) >= 11 is 0. The lowest BCUT2D eigenvalue weighted by atomic mass is 10.2. The average Bonchev–Trinajstić information content (AvgIpc) is 2.73. The van der Waals surface area contributed by atoms with Crippen molar-refractivity contribution in [2.24, 2.45) is 0 Å². The summed E-state index contributed by atoms with van der Waals surface area (Å²) in [5, 5.41) is 0. The zero-order valence-electron chi connectivity index (χ0n) is 16.2. The second-order valence-electron chi connectivity index (χ2n) is 6.76. The van der Waals surface area contributed by atoms with E-state index in [-0.39, 0.29) is 26.4 Å². The average molecular weight is 376 g/mol. The fourth-order valence-electron chi connectivity index (χ4n) is 2.51. The van der Waals surface area contributed by atoms with Gasteiger partial charge in [0.05, 0.1) is 0 Å². The number of hydrogen-bond donors (Lipinski definition) is 0. The second kappa shape index (κ2) is 9.55. The van der Waals surface area contributed by atoms with Crippen LogP contribution in [0.1, 0.15) is 25.0 Å². The highest BCUT2D eigenvalue weighted by atomic mass is 16.8. The number of rotatable bonds is 4. The molecule has 1 heterocycles. The Bertz CT molecular complexity index is 785. The maximum absolute atomic E-state index is 5.86. The van der Waals surface area contributed by atoms with E-state index in [0.717, 1.165) is 11.1 Å². The Morgan fingerprint density at radius 3 is 1.46 bits per heavy atom. The van der Waals surface area contributed by atoms with Crippen molar-refractivity contribution in [1.29, 1.82) is 0 Å². The molecule has 0 bridgehead atoms. The number of benzene rings is 2. The fourth-order valence-corrected chi connectivity index (χ4v) is 2.51. The minimum absolute atomic E-state index is 0.253. The molecule has 2 aromatic rings. The highest BCUT2D eigenvalue weighted by Gasteiger charge is 2.40. The molecule has 4 nitrogen and oxygen atoms in total. The molecular weight excluding hydrogens is 352 g/mol. The third-order valence-electron chi connectivity index (χ3n) is 4.19. The molecule has 4 heteroatoms. The van der Waals surface area contributed by atoms with Gasteiger partial charge in [-0.15, -0.1) is 0 Å². The third-order valence-corrected chi connectivity index (χ3v) is 4.19. The first-order valence-corrected chi connectivity index (χ1v) is 9.21. The smallest absolute Gasteiger partial charge is 0.190 e. The van der Waals surface area contributed by atoms with E-state index in [1.165, 1.54) is 0 Å². The first-order valence-electron chi connectivity index (χ1n) is 9.21. The van der Waals surface area contributed by atoms with Gasteiger partial charge < -0.3 is 18.9 Å². The van der Waals surface area contributed by atoms with Gasteiger partial charge in [0.2, 0.25) is 0 Å². The normalized spacial score (nSPS) is 23.8. The van der Waals surface area contributed by atoms with Crippen LogP contribution in [0.15, 0.2) is 60.7 Å². The van der Waals surface area contributed by atoms with Crippen molar-refractivity contribution in [1.82, 2.24) is 0 Å². The predicted octanol–water partition coefficient (Wildman–Crippen LogP) is 3.60. The summed E-state index contributed by atoms with van der Waals surface area (Å²) in [4.78, 5) is 0. The summed E-state index contributed by atoms with van der Waals surface area (Å²) in [6, 6.07) is 19.6. The van der Waals surface area contributed by atoms with E-state index in [0.29, 0.717) is 0 Å². The molecule has 1 fully saturated rings. The highest BCUT2D eigenvalue weighted by molar-refractivity contribution is 5.34. The van der Waals surface area contributed by atoms with E-state index in [4.69, 9.17) is 18.9 Å². The van der Waals surface area contributed by atoms with Gasteiger partial charge in [0.25, 0.3) is 0 Å². The Hall–Kier alpha value is -2.60. The highest BCUT2D eigenvalue weighted by Crippen LogP contribution is 2.27. The molecule has 0 N–H and O–H groups in total. The van der Waals surface area contributed by atoms with Gasteiger partial charge in [-0.2, -0.15) is 0 Å². The largest absolute Gasteiger partial charge is 0.342 e. The first kappa shape index (κ1) is 20.1. The van der Waals surface area contributed by atoms with Crippen molar-refractivity contribution in [3.05, 3.63) is 71.8 Å². The van der Waals surface area contributed by atoms with Gasteiger partial charge in [-0.1, -0.05) is 60.1 Å². The molecule has 0 radical (unpaired) electrons. The van der Waals surface area contributed by atoms with Crippen molar-refractivity contribution in [3.8, 4) is 23.7 Å². The van der Waals surface area contributed by atoms with Crippen LogP contribution >= 0.6 is 0 Å². The molecule has 1 saturated heterocycles. The SMILES string of the molecule is CC1(OCC#Cc2ccccc2)COC(C)(OCC#Cc2ccccc2)CO1. The molecule has 2 aromatic carbocycles. The van der Waals surface area contributed by atoms with E-state index in [1.54, 1.807) is 0 Å². The van der Waals surface area contributed by atoms with Crippen LogP contribution in [0.25, 0.3) is 0 Å². The lowest BCUT2D eigenvalue weighted by Gasteiger charge is -2.41. The van der Waals surface area contributed by atoms with Crippen LogP contribution in [0.4, 0.5) is 0 Å². The van der Waals surface area contributed by atoms with Crippen LogP contribution in [-0.2, 0) is 18.9 Å². The maximum atomic E-state index is 5.86. The monoisotopic (exact) mass is 376 g/mol. The van der Waals surface area contributed by atoms with Crippen LogP contribution < -0.4 is 0 Å². The van der Waals surface area contributed by atoms with E-state index in [2.05, 4.69) is 23.7 Å². The summed E-state index contributed by atoms with van der Waals surface area (Å²) < 4.78 is 23.3. The Labute approximate surface area is 166 Å². The van der Waals surface area contributed by atoms with Crippen LogP contribution in [0.2, 0.25) is 0 Å². The quantitative estimate of drug-likeness (QED) is 0.764. The maximum Gasteiger partial charge on any atom is 0.190 e. The standard InChI is InChI=1S/C24H24O4/c1-23(25-17-9-15-21-11-5-3-6-12-21)19-28-24(2,20-27-23)26-18-10-16-22-13-7-4-8-14-22/h3-8,11-14H,17-20H2,1-2H3. The zero-order valence-corrected chi connectivity index (χ0v) is 16.2. The molecule has 0 aliphatic carbocycles. The molecule has 144 valence electrons. The van der Waals surface area contributed by atoms with Crippen LogP contribution in [0.5, 0.6) is 0 Å². The second-order valence-corrected chi connectivity index (χ2v) is 6.76. The lowest BCUT2D eigenvalue weighted by molar-refractivity contribution is -0.370. The molecule has 2 atom stereocenters. The molecule has 0 aromatic heterocycles. The molecule has 0 saturated carbocycles. The zero-order chi connectivity index (χ0) is 19.7. The summed E-state index contributed by atoms with van der Waals surface area (Å²) in [6.45, 7) is 4.70. The molecule has 1 aliphatic heterocycles. The van der Waals surface area contributed by atoms with E-state index >= 15 is 0 Å². The van der Waals surface area contributed by atoms with E-state index in [9.17, 15) is 0 Å². The van der Waals surface area contributed by atoms with Gasteiger partial charge in [0.1, 0.15) is 26.4 Å². The summed E-state index contributed by atoms with van der Waals surface area (Å²) in [5.74, 6) is 10.4. The van der Waals surface area contributed by atoms with Crippen LogP contribution in [-0.4, -0.2) is 38.0 Å². The van der Waals surface area contributed by atoms with Crippen LogP contribution in [0, 0.1) is 23.7 Å². The Balaban J connectivity index is 1.42. The van der Waals surface area contributed by atoms with Gasteiger partial charge in [-0.25, -0.2) is 0 Å². The summed E-state index contributed by atoms with van der Waals surface area (Å²) in [5.41, 5.74) is 1.91. The number of ether oxygens (including phenoxy) is 4.